The average molecular weight is 470 g/mol. The molecule has 0 atom stereocenters. The zero-order chi connectivity index (χ0) is 24.0. The highest BCUT2D eigenvalue weighted by atomic mass is 19.4. The second-order valence-corrected chi connectivity index (χ2v) is 7.39. The van der Waals surface area contributed by atoms with E-state index in [1.807, 2.05) is 0 Å². The number of hydrogen-bond donors (Lipinski definition) is 1. The number of benzene rings is 2. The second kappa shape index (κ2) is 8.03. The van der Waals surface area contributed by atoms with Gasteiger partial charge in [0.25, 0.3) is 5.56 Å². The van der Waals surface area contributed by atoms with Crippen molar-refractivity contribution < 1.29 is 27.1 Å². The van der Waals surface area contributed by atoms with E-state index in [-0.39, 0.29) is 40.5 Å². The normalized spacial score (nSPS) is 12.0. The molecule has 0 radical (unpaired) electrons. The van der Waals surface area contributed by atoms with Gasteiger partial charge in [0.2, 0.25) is 5.89 Å². The van der Waals surface area contributed by atoms with Gasteiger partial charge in [0.1, 0.15) is 17.0 Å². The number of methoxy groups -OCH3 is 2. The van der Waals surface area contributed by atoms with E-state index in [4.69, 9.17) is 13.9 Å². The fourth-order valence-electron chi connectivity index (χ4n) is 3.87. The molecule has 2 aromatic carbocycles. The van der Waals surface area contributed by atoms with Gasteiger partial charge in [-0.3, -0.25) is 4.79 Å². The molecule has 0 aliphatic rings. The minimum absolute atomic E-state index is 0.0940. The summed E-state index contributed by atoms with van der Waals surface area (Å²) >= 11 is 0. The number of ether oxygens (including phenoxy) is 2. The molecule has 3 aromatic heterocycles. The number of rotatable bonds is 5. The predicted molar refractivity (Wildman–Crippen MR) is 117 cm³/mol. The van der Waals surface area contributed by atoms with Crippen LogP contribution in [0.4, 0.5) is 13.2 Å². The highest BCUT2D eigenvalue weighted by molar-refractivity contribution is 5.84. The van der Waals surface area contributed by atoms with E-state index >= 15 is 0 Å². The van der Waals surface area contributed by atoms with Crippen LogP contribution < -0.4 is 10.3 Å². The van der Waals surface area contributed by atoms with Gasteiger partial charge in [-0.05, 0) is 17.7 Å². The Labute approximate surface area is 189 Å². The molecular weight excluding hydrogens is 453 g/mol. The number of fused-ring (bicyclic) bond motifs is 2. The molecule has 8 nitrogen and oxygen atoms in total. The summed E-state index contributed by atoms with van der Waals surface area (Å²) < 4.78 is 58.8. The molecule has 174 valence electrons. The van der Waals surface area contributed by atoms with E-state index in [0.29, 0.717) is 21.4 Å². The van der Waals surface area contributed by atoms with Crippen LogP contribution in [-0.4, -0.2) is 33.8 Å². The molecule has 34 heavy (non-hydrogen) atoms. The first-order valence-electron chi connectivity index (χ1n) is 10.1. The second-order valence-electron chi connectivity index (χ2n) is 7.39. The van der Waals surface area contributed by atoms with Crippen molar-refractivity contribution in [3.05, 3.63) is 70.3 Å². The number of aromatic nitrogens is 4. The first-order valence-corrected chi connectivity index (χ1v) is 10.1. The fraction of sp³-hybridized carbons (Fsp3) is 0.174. The zero-order valence-corrected chi connectivity index (χ0v) is 17.9. The number of H-pyrrole nitrogens is 1. The van der Waals surface area contributed by atoms with Crippen LogP contribution in [0.15, 0.2) is 57.7 Å². The van der Waals surface area contributed by atoms with Crippen LogP contribution in [0.1, 0.15) is 11.4 Å². The fourth-order valence-corrected chi connectivity index (χ4v) is 3.87. The highest BCUT2D eigenvalue weighted by Gasteiger charge is 2.39. The maximum atomic E-state index is 13.9. The van der Waals surface area contributed by atoms with Gasteiger partial charge in [-0.15, -0.1) is 0 Å². The highest BCUT2D eigenvalue weighted by Crippen LogP contribution is 2.39. The molecule has 5 aromatic rings. The van der Waals surface area contributed by atoms with Gasteiger partial charge in [-0.1, -0.05) is 36.4 Å². The van der Waals surface area contributed by atoms with Crippen molar-refractivity contribution in [2.45, 2.75) is 12.8 Å². The molecule has 1 N–H and O–H groups in total. The van der Waals surface area contributed by atoms with Gasteiger partial charge < -0.3 is 18.9 Å². The molecule has 0 aliphatic heterocycles. The van der Waals surface area contributed by atoms with Crippen LogP contribution in [0.3, 0.4) is 0 Å². The van der Waals surface area contributed by atoms with Crippen LogP contribution >= 0.6 is 0 Å². The Kier molecular flexibility index (Phi) is 5.13. The maximum Gasteiger partial charge on any atom is 0.435 e. The Bertz CT molecular complexity index is 1570. The average Bonchev–Trinajstić information content (AvgIpc) is 3.41. The predicted octanol–water partition coefficient (Wildman–Crippen LogP) is 4.67. The van der Waals surface area contributed by atoms with E-state index in [1.54, 1.807) is 36.4 Å². The van der Waals surface area contributed by atoms with Crippen LogP contribution in [0.5, 0.6) is 5.75 Å². The third-order valence-corrected chi connectivity index (χ3v) is 5.30. The SMILES string of the molecule is COCc1[nH]c2c(-c3ccccc3)c(C(F)(F)F)nn2c(=O)c1-c1nc2c(OC)cccc2o1. The lowest BCUT2D eigenvalue weighted by Crippen LogP contribution is -2.21. The van der Waals surface area contributed by atoms with Gasteiger partial charge in [0.05, 0.1) is 25.0 Å². The lowest BCUT2D eigenvalue weighted by Gasteiger charge is -2.09. The molecule has 0 amide bonds. The molecule has 0 bridgehead atoms. The third-order valence-electron chi connectivity index (χ3n) is 5.30. The maximum absolute atomic E-state index is 13.9. The van der Waals surface area contributed by atoms with Gasteiger partial charge in [-0.25, -0.2) is 4.98 Å². The van der Waals surface area contributed by atoms with Crippen molar-refractivity contribution in [3.63, 3.8) is 0 Å². The summed E-state index contributed by atoms with van der Waals surface area (Å²) in [5.41, 5.74) is -1.32. The summed E-state index contributed by atoms with van der Waals surface area (Å²) in [5.74, 6) is 0.322. The van der Waals surface area contributed by atoms with Crippen LogP contribution in [0.25, 0.3) is 39.3 Å². The number of para-hydroxylation sites is 1. The van der Waals surface area contributed by atoms with Gasteiger partial charge in [0.15, 0.2) is 16.8 Å². The molecule has 0 saturated carbocycles. The number of nitrogens with zero attached hydrogens (tertiary/aromatic N) is 3. The zero-order valence-electron chi connectivity index (χ0n) is 17.9. The Balaban J connectivity index is 1.86. The first kappa shape index (κ1) is 21.7. The number of hydrogen-bond acceptors (Lipinski definition) is 6. The van der Waals surface area contributed by atoms with E-state index in [1.165, 1.54) is 26.4 Å². The van der Waals surface area contributed by atoms with E-state index in [2.05, 4.69) is 15.1 Å². The number of nitrogens with one attached hydrogen (secondary N) is 1. The molecule has 0 saturated heterocycles. The van der Waals surface area contributed by atoms with Crippen LogP contribution in [0.2, 0.25) is 0 Å². The van der Waals surface area contributed by atoms with Crippen LogP contribution in [-0.2, 0) is 17.5 Å². The summed E-state index contributed by atoms with van der Waals surface area (Å²) in [6.07, 6.45) is -4.80. The third kappa shape index (κ3) is 3.41. The molecule has 0 fully saturated rings. The summed E-state index contributed by atoms with van der Waals surface area (Å²) in [6, 6.07) is 12.9. The summed E-state index contributed by atoms with van der Waals surface area (Å²) in [4.78, 5) is 20.8. The monoisotopic (exact) mass is 470 g/mol. The van der Waals surface area contributed by atoms with Crippen molar-refractivity contribution in [2.24, 2.45) is 0 Å². The largest absolute Gasteiger partial charge is 0.494 e. The summed E-state index contributed by atoms with van der Waals surface area (Å²) in [5, 5.41) is 3.65. The molecule has 0 spiro atoms. The Hall–Kier alpha value is -4.12. The first-order chi connectivity index (χ1) is 16.3. The molecule has 0 aliphatic carbocycles. The minimum atomic E-state index is -4.80. The Morgan fingerprint density at radius 3 is 2.50 bits per heavy atom. The van der Waals surface area contributed by atoms with Crippen molar-refractivity contribution in [3.8, 4) is 28.3 Å². The Morgan fingerprint density at radius 1 is 1.06 bits per heavy atom. The smallest absolute Gasteiger partial charge is 0.435 e. The molecule has 5 rings (SSSR count). The molecule has 11 heteroatoms. The number of oxazole rings is 1. The molecular formula is C23H17F3N4O4. The van der Waals surface area contributed by atoms with Crippen molar-refractivity contribution >= 4 is 16.7 Å². The van der Waals surface area contributed by atoms with Crippen molar-refractivity contribution in [1.29, 1.82) is 0 Å². The number of halogens is 3. The summed E-state index contributed by atoms with van der Waals surface area (Å²) in [6.45, 7) is -0.113. The lowest BCUT2D eigenvalue weighted by molar-refractivity contribution is -0.140. The van der Waals surface area contributed by atoms with E-state index in [9.17, 15) is 18.0 Å². The van der Waals surface area contributed by atoms with Crippen molar-refractivity contribution in [1.82, 2.24) is 19.6 Å². The number of aromatic amines is 1. The number of alkyl halides is 3. The van der Waals surface area contributed by atoms with E-state index < -0.39 is 17.4 Å². The van der Waals surface area contributed by atoms with Gasteiger partial charge in [-0.2, -0.15) is 22.8 Å². The van der Waals surface area contributed by atoms with Gasteiger partial charge in [0, 0.05) is 7.11 Å². The minimum Gasteiger partial charge on any atom is -0.494 e. The Morgan fingerprint density at radius 2 is 1.82 bits per heavy atom. The van der Waals surface area contributed by atoms with E-state index in [0.717, 1.165) is 0 Å². The van der Waals surface area contributed by atoms with Crippen LogP contribution in [0, 0.1) is 0 Å². The summed E-state index contributed by atoms with van der Waals surface area (Å²) in [7, 11) is 2.86. The molecule has 3 heterocycles. The quantitative estimate of drug-likeness (QED) is 0.401. The lowest BCUT2D eigenvalue weighted by atomic mass is 10.1. The standard InChI is InChI=1S/C23H17F3N4O4/c1-32-11-13-17(21-28-18-14(33-2)9-6-10-15(18)34-21)22(31)30-20(27-13)16(12-7-4-3-5-8-12)19(29-30)23(24,25)26/h3-10,27H,11H2,1-2H3. The van der Waals surface area contributed by atoms with Crippen molar-refractivity contribution in [2.75, 3.05) is 14.2 Å². The topological polar surface area (TPSA) is 94.7 Å². The molecule has 0 unspecified atom stereocenters. The van der Waals surface area contributed by atoms with Gasteiger partial charge >= 0.3 is 6.18 Å².